The Morgan fingerprint density at radius 3 is 3.13 bits per heavy atom. The van der Waals surface area contributed by atoms with Gasteiger partial charge < -0.3 is 15.5 Å². The van der Waals surface area contributed by atoms with Crippen LogP contribution in [0.4, 0.5) is 5.82 Å². The van der Waals surface area contributed by atoms with Gasteiger partial charge in [-0.05, 0) is 6.07 Å². The van der Waals surface area contributed by atoms with Gasteiger partial charge in [-0.1, -0.05) is 0 Å². The van der Waals surface area contributed by atoms with Crippen LogP contribution in [0.2, 0.25) is 0 Å². The Balaban J connectivity index is 1.95. The van der Waals surface area contributed by atoms with E-state index in [1.54, 1.807) is 12.3 Å². The second-order valence-corrected chi connectivity index (χ2v) is 3.00. The highest BCUT2D eigenvalue weighted by Crippen LogP contribution is 2.06. The zero-order valence-electron chi connectivity index (χ0n) is 7.86. The first-order valence-electron chi connectivity index (χ1n) is 4.35. The van der Waals surface area contributed by atoms with E-state index >= 15 is 0 Å². The number of nitrogens with one attached hydrogen (secondary N) is 2. The van der Waals surface area contributed by atoms with E-state index in [0.29, 0.717) is 17.9 Å². The largest absolute Gasteiger partial charge is 0.472 e. The van der Waals surface area contributed by atoms with E-state index in [2.05, 4.69) is 15.5 Å². The average Bonchev–Trinajstić information content (AvgIpc) is 2.85. The SMILES string of the molecule is Nc1[nH]ncc1CNC(=O)c1ccoc1. The number of carbonyl (C=O) groups is 1. The van der Waals surface area contributed by atoms with Crippen LogP contribution in [0.1, 0.15) is 15.9 Å². The van der Waals surface area contributed by atoms with Crippen molar-refractivity contribution in [2.24, 2.45) is 0 Å². The summed E-state index contributed by atoms with van der Waals surface area (Å²) in [6, 6.07) is 1.59. The molecule has 1 amide bonds. The molecule has 0 saturated carbocycles. The number of nitrogens with two attached hydrogens (primary N) is 1. The predicted molar refractivity (Wildman–Crippen MR) is 52.9 cm³/mol. The highest BCUT2D eigenvalue weighted by Gasteiger charge is 2.07. The molecule has 0 unspecified atom stereocenters. The van der Waals surface area contributed by atoms with Gasteiger partial charge in [0.1, 0.15) is 12.1 Å². The molecular weight excluding hydrogens is 196 g/mol. The van der Waals surface area contributed by atoms with E-state index in [1.807, 2.05) is 0 Å². The molecule has 2 aromatic rings. The van der Waals surface area contributed by atoms with Gasteiger partial charge in [-0.15, -0.1) is 0 Å². The van der Waals surface area contributed by atoms with Crippen molar-refractivity contribution in [3.8, 4) is 0 Å². The number of carbonyl (C=O) groups excluding carboxylic acids is 1. The third-order valence-corrected chi connectivity index (χ3v) is 1.97. The Kier molecular flexibility index (Phi) is 2.40. The maximum absolute atomic E-state index is 11.5. The van der Waals surface area contributed by atoms with E-state index in [4.69, 9.17) is 10.2 Å². The van der Waals surface area contributed by atoms with Gasteiger partial charge in [-0.25, -0.2) is 0 Å². The van der Waals surface area contributed by atoms with Crippen LogP contribution < -0.4 is 11.1 Å². The fourth-order valence-electron chi connectivity index (χ4n) is 1.13. The minimum absolute atomic E-state index is 0.204. The molecular formula is C9H10N4O2. The quantitative estimate of drug-likeness (QED) is 0.681. The van der Waals surface area contributed by atoms with Gasteiger partial charge in [0.15, 0.2) is 0 Å². The molecule has 0 fully saturated rings. The topological polar surface area (TPSA) is 96.9 Å². The predicted octanol–water partition coefficient (Wildman–Crippen LogP) is 0.515. The summed E-state index contributed by atoms with van der Waals surface area (Å²) in [5, 5.41) is 9.02. The normalized spacial score (nSPS) is 10.1. The monoisotopic (exact) mass is 206 g/mol. The summed E-state index contributed by atoms with van der Waals surface area (Å²) in [6.07, 6.45) is 4.40. The molecule has 0 spiro atoms. The lowest BCUT2D eigenvalue weighted by Crippen LogP contribution is -2.22. The first kappa shape index (κ1) is 9.32. The molecule has 0 aromatic carbocycles. The van der Waals surface area contributed by atoms with Crippen LogP contribution in [0.5, 0.6) is 0 Å². The molecule has 6 heteroatoms. The number of nitrogen functional groups attached to an aromatic ring is 1. The molecule has 2 heterocycles. The smallest absolute Gasteiger partial charge is 0.254 e. The molecule has 0 aliphatic rings. The van der Waals surface area contributed by atoms with Gasteiger partial charge in [-0.2, -0.15) is 5.10 Å². The maximum atomic E-state index is 11.5. The van der Waals surface area contributed by atoms with Crippen LogP contribution in [0.3, 0.4) is 0 Å². The number of aromatic amines is 1. The molecule has 4 N–H and O–H groups in total. The molecule has 0 atom stereocenters. The molecule has 0 aliphatic heterocycles. The molecule has 6 nitrogen and oxygen atoms in total. The lowest BCUT2D eigenvalue weighted by Gasteiger charge is -2.01. The third kappa shape index (κ3) is 1.98. The lowest BCUT2D eigenvalue weighted by atomic mass is 10.3. The number of anilines is 1. The van der Waals surface area contributed by atoms with E-state index in [-0.39, 0.29) is 5.91 Å². The van der Waals surface area contributed by atoms with E-state index in [9.17, 15) is 4.79 Å². The van der Waals surface area contributed by atoms with Gasteiger partial charge in [-0.3, -0.25) is 9.89 Å². The lowest BCUT2D eigenvalue weighted by molar-refractivity contribution is 0.0950. The van der Waals surface area contributed by atoms with Crippen molar-refractivity contribution in [1.82, 2.24) is 15.5 Å². The van der Waals surface area contributed by atoms with Crippen molar-refractivity contribution in [3.05, 3.63) is 35.9 Å². The number of H-pyrrole nitrogens is 1. The third-order valence-electron chi connectivity index (χ3n) is 1.97. The first-order chi connectivity index (χ1) is 7.27. The van der Waals surface area contributed by atoms with Crippen molar-refractivity contribution >= 4 is 11.7 Å². The number of aromatic nitrogens is 2. The summed E-state index contributed by atoms with van der Waals surface area (Å²) < 4.78 is 4.79. The van der Waals surface area contributed by atoms with Crippen LogP contribution in [-0.2, 0) is 6.54 Å². The number of nitrogens with zero attached hydrogens (tertiary/aromatic N) is 1. The summed E-state index contributed by atoms with van der Waals surface area (Å²) in [4.78, 5) is 11.5. The standard InChI is InChI=1S/C9H10N4O2/c10-8-7(4-12-13-8)3-11-9(14)6-1-2-15-5-6/h1-2,4-5H,3H2,(H,11,14)(H3,10,12,13). The summed E-state index contributed by atoms with van der Waals surface area (Å²) in [5.74, 6) is 0.256. The molecule has 0 aliphatic carbocycles. The zero-order chi connectivity index (χ0) is 10.7. The highest BCUT2D eigenvalue weighted by molar-refractivity contribution is 5.93. The van der Waals surface area contributed by atoms with E-state index < -0.39 is 0 Å². The van der Waals surface area contributed by atoms with Crippen molar-refractivity contribution in [2.45, 2.75) is 6.54 Å². The Labute approximate surface area is 85.5 Å². The summed E-state index contributed by atoms with van der Waals surface area (Å²) in [5.41, 5.74) is 6.80. The van der Waals surface area contributed by atoms with Gasteiger partial charge in [0.25, 0.3) is 5.91 Å². The Hall–Kier alpha value is -2.24. The van der Waals surface area contributed by atoms with Gasteiger partial charge in [0.05, 0.1) is 18.0 Å². The number of amides is 1. The van der Waals surface area contributed by atoms with Crippen LogP contribution in [0, 0.1) is 0 Å². The van der Waals surface area contributed by atoms with Crippen LogP contribution in [-0.4, -0.2) is 16.1 Å². The van der Waals surface area contributed by atoms with Crippen molar-refractivity contribution in [1.29, 1.82) is 0 Å². The molecule has 78 valence electrons. The second-order valence-electron chi connectivity index (χ2n) is 3.00. The summed E-state index contributed by atoms with van der Waals surface area (Å²) in [7, 11) is 0. The van der Waals surface area contributed by atoms with Crippen LogP contribution >= 0.6 is 0 Å². The van der Waals surface area contributed by atoms with E-state index in [0.717, 1.165) is 5.56 Å². The van der Waals surface area contributed by atoms with Gasteiger partial charge in [0, 0.05) is 12.1 Å². The summed E-state index contributed by atoms with van der Waals surface area (Å²) >= 11 is 0. The van der Waals surface area contributed by atoms with Crippen molar-refractivity contribution in [2.75, 3.05) is 5.73 Å². The zero-order valence-corrected chi connectivity index (χ0v) is 7.86. The van der Waals surface area contributed by atoms with Crippen molar-refractivity contribution in [3.63, 3.8) is 0 Å². The second kappa shape index (κ2) is 3.87. The maximum Gasteiger partial charge on any atom is 0.254 e. The molecule has 0 bridgehead atoms. The van der Waals surface area contributed by atoms with E-state index in [1.165, 1.54) is 12.5 Å². The fraction of sp³-hybridized carbons (Fsp3) is 0.111. The first-order valence-corrected chi connectivity index (χ1v) is 4.35. The van der Waals surface area contributed by atoms with Gasteiger partial charge in [0.2, 0.25) is 0 Å². The molecule has 2 aromatic heterocycles. The highest BCUT2D eigenvalue weighted by atomic mass is 16.3. The average molecular weight is 206 g/mol. The van der Waals surface area contributed by atoms with Crippen LogP contribution in [0.15, 0.2) is 29.2 Å². The summed E-state index contributed by atoms with van der Waals surface area (Å²) in [6.45, 7) is 0.340. The minimum atomic E-state index is -0.204. The Morgan fingerprint density at radius 1 is 1.67 bits per heavy atom. The molecule has 0 radical (unpaired) electrons. The fourth-order valence-corrected chi connectivity index (χ4v) is 1.13. The number of hydrogen-bond donors (Lipinski definition) is 3. The van der Waals surface area contributed by atoms with Crippen LogP contribution in [0.25, 0.3) is 0 Å². The number of rotatable bonds is 3. The minimum Gasteiger partial charge on any atom is -0.472 e. The molecule has 2 rings (SSSR count). The van der Waals surface area contributed by atoms with Crippen molar-refractivity contribution < 1.29 is 9.21 Å². The molecule has 0 saturated heterocycles. The van der Waals surface area contributed by atoms with Gasteiger partial charge >= 0.3 is 0 Å². The Bertz CT molecular complexity index is 446. The number of furan rings is 1. The molecule has 15 heavy (non-hydrogen) atoms. The Morgan fingerprint density at radius 2 is 2.53 bits per heavy atom. The number of hydrogen-bond acceptors (Lipinski definition) is 4.